The maximum atomic E-state index is 12.2. The van der Waals surface area contributed by atoms with Crippen molar-refractivity contribution < 1.29 is 9.72 Å². The van der Waals surface area contributed by atoms with E-state index in [0.29, 0.717) is 5.69 Å². The van der Waals surface area contributed by atoms with Gasteiger partial charge in [0.05, 0.1) is 4.92 Å². The molecule has 8 heteroatoms. The fourth-order valence-corrected chi connectivity index (χ4v) is 2.15. The van der Waals surface area contributed by atoms with Crippen molar-refractivity contribution in [1.82, 2.24) is 4.98 Å². The van der Waals surface area contributed by atoms with E-state index in [2.05, 4.69) is 10.3 Å². The average Bonchev–Trinajstić information content (AvgIpc) is 2.47. The summed E-state index contributed by atoms with van der Waals surface area (Å²) in [6, 6.07) is 8.35. The maximum Gasteiger partial charge on any atom is 0.300 e. The van der Waals surface area contributed by atoms with E-state index in [1.807, 2.05) is 12.3 Å². The van der Waals surface area contributed by atoms with E-state index in [-0.39, 0.29) is 17.1 Å². The van der Waals surface area contributed by atoms with E-state index in [1.165, 1.54) is 17.8 Å². The minimum Gasteiger partial charge on any atom is -0.384 e. The van der Waals surface area contributed by atoms with Gasteiger partial charge >= 0.3 is 0 Å². The van der Waals surface area contributed by atoms with Gasteiger partial charge in [0.15, 0.2) is 0 Å². The van der Waals surface area contributed by atoms with Gasteiger partial charge in [0.1, 0.15) is 17.6 Å². The van der Waals surface area contributed by atoms with E-state index >= 15 is 0 Å². The number of nitrogens with one attached hydrogen (secondary N) is 1. The molecule has 0 aliphatic carbocycles. The molecule has 1 aromatic carbocycles. The van der Waals surface area contributed by atoms with Crippen molar-refractivity contribution in [2.24, 2.45) is 0 Å². The summed E-state index contributed by atoms with van der Waals surface area (Å²) >= 11 is 1.53. The molecule has 0 aliphatic heterocycles. The Balaban J connectivity index is 2.31. The minimum atomic E-state index is -0.667. The van der Waals surface area contributed by atoms with E-state index in [1.54, 1.807) is 18.2 Å². The third-order valence-electron chi connectivity index (χ3n) is 2.67. The monoisotopic (exact) mass is 304 g/mol. The van der Waals surface area contributed by atoms with Crippen molar-refractivity contribution in [2.75, 3.05) is 17.3 Å². The first kappa shape index (κ1) is 14.8. The summed E-state index contributed by atoms with van der Waals surface area (Å²) in [5.41, 5.74) is 5.53. The number of rotatable bonds is 4. The Morgan fingerprint density at radius 1 is 1.43 bits per heavy atom. The van der Waals surface area contributed by atoms with Crippen molar-refractivity contribution in [3.8, 4) is 0 Å². The molecule has 0 bridgehead atoms. The Morgan fingerprint density at radius 2 is 2.19 bits per heavy atom. The van der Waals surface area contributed by atoms with Gasteiger partial charge in [-0.25, -0.2) is 4.98 Å². The van der Waals surface area contributed by atoms with E-state index in [4.69, 9.17) is 5.73 Å². The number of nitrogens with two attached hydrogens (primary N) is 1. The normalized spacial score (nSPS) is 10.1. The second kappa shape index (κ2) is 6.23. The zero-order valence-corrected chi connectivity index (χ0v) is 11.9. The minimum absolute atomic E-state index is 0.0450. The summed E-state index contributed by atoms with van der Waals surface area (Å²) in [5.74, 6) is -0.558. The number of hydrogen-bond donors (Lipinski definition) is 2. The van der Waals surface area contributed by atoms with Gasteiger partial charge in [0.25, 0.3) is 11.6 Å². The summed E-state index contributed by atoms with van der Waals surface area (Å²) in [6.45, 7) is 0. The first-order chi connectivity index (χ1) is 10.0. The number of carbonyl (C=O) groups is 1. The highest BCUT2D eigenvalue weighted by Gasteiger charge is 2.21. The zero-order valence-electron chi connectivity index (χ0n) is 11.1. The van der Waals surface area contributed by atoms with Crippen LogP contribution in [0.2, 0.25) is 0 Å². The van der Waals surface area contributed by atoms with Gasteiger partial charge in [0.2, 0.25) is 0 Å². The predicted molar refractivity (Wildman–Crippen MR) is 81.5 cm³/mol. The lowest BCUT2D eigenvalue weighted by atomic mass is 10.2. The van der Waals surface area contributed by atoms with Crippen LogP contribution in [0.3, 0.4) is 0 Å². The molecule has 0 spiro atoms. The number of thioether (sulfide) groups is 1. The molecule has 0 atom stereocenters. The fraction of sp³-hybridized carbons (Fsp3) is 0.0769. The Bertz CT molecular complexity index is 706. The topological polar surface area (TPSA) is 111 Å². The smallest absolute Gasteiger partial charge is 0.300 e. The molecule has 0 saturated heterocycles. The number of benzene rings is 1. The lowest BCUT2D eigenvalue weighted by molar-refractivity contribution is -0.385. The lowest BCUT2D eigenvalue weighted by Crippen LogP contribution is -2.15. The van der Waals surface area contributed by atoms with Crippen LogP contribution in [0.4, 0.5) is 17.2 Å². The Labute approximate surface area is 124 Å². The highest BCUT2D eigenvalue weighted by molar-refractivity contribution is 7.98. The SMILES string of the molecule is CSc1cccc(NC(=O)c2cc(N)ncc2[N+](=O)[O-])c1. The average molecular weight is 304 g/mol. The van der Waals surface area contributed by atoms with Crippen molar-refractivity contribution in [3.05, 3.63) is 52.2 Å². The summed E-state index contributed by atoms with van der Waals surface area (Å²) in [7, 11) is 0. The number of amides is 1. The molecule has 108 valence electrons. The number of pyridine rings is 1. The van der Waals surface area contributed by atoms with Gasteiger partial charge in [-0.1, -0.05) is 6.07 Å². The summed E-state index contributed by atoms with van der Waals surface area (Å²) < 4.78 is 0. The van der Waals surface area contributed by atoms with Crippen LogP contribution in [0.1, 0.15) is 10.4 Å². The van der Waals surface area contributed by atoms with Crippen molar-refractivity contribution in [1.29, 1.82) is 0 Å². The van der Waals surface area contributed by atoms with Gasteiger partial charge in [-0.15, -0.1) is 11.8 Å². The quantitative estimate of drug-likeness (QED) is 0.510. The number of aromatic nitrogens is 1. The molecular weight excluding hydrogens is 292 g/mol. The highest BCUT2D eigenvalue weighted by Crippen LogP contribution is 2.22. The number of nitrogen functional groups attached to an aromatic ring is 1. The van der Waals surface area contributed by atoms with Gasteiger partial charge in [0, 0.05) is 10.6 Å². The van der Waals surface area contributed by atoms with Crippen LogP contribution in [-0.2, 0) is 0 Å². The Kier molecular flexibility index (Phi) is 4.39. The lowest BCUT2D eigenvalue weighted by Gasteiger charge is -2.07. The highest BCUT2D eigenvalue weighted by atomic mass is 32.2. The van der Waals surface area contributed by atoms with E-state index < -0.39 is 10.8 Å². The second-order valence-electron chi connectivity index (χ2n) is 4.07. The van der Waals surface area contributed by atoms with Crippen LogP contribution in [-0.4, -0.2) is 22.1 Å². The zero-order chi connectivity index (χ0) is 15.4. The molecule has 21 heavy (non-hydrogen) atoms. The van der Waals surface area contributed by atoms with Crippen LogP contribution in [0.5, 0.6) is 0 Å². The first-order valence-corrected chi connectivity index (χ1v) is 7.09. The fourth-order valence-electron chi connectivity index (χ4n) is 1.69. The van der Waals surface area contributed by atoms with Crippen molar-refractivity contribution >= 4 is 34.9 Å². The largest absolute Gasteiger partial charge is 0.384 e. The maximum absolute atomic E-state index is 12.2. The molecule has 0 saturated carbocycles. The molecule has 1 heterocycles. The summed E-state index contributed by atoms with van der Waals surface area (Å²) in [6.07, 6.45) is 2.89. The van der Waals surface area contributed by atoms with Gasteiger partial charge < -0.3 is 11.1 Å². The van der Waals surface area contributed by atoms with Crippen LogP contribution < -0.4 is 11.1 Å². The molecule has 0 radical (unpaired) electrons. The van der Waals surface area contributed by atoms with Crippen LogP contribution in [0.15, 0.2) is 41.4 Å². The second-order valence-corrected chi connectivity index (χ2v) is 4.95. The number of anilines is 2. The molecule has 1 aromatic heterocycles. The van der Waals surface area contributed by atoms with Crippen LogP contribution in [0, 0.1) is 10.1 Å². The number of carbonyl (C=O) groups excluding carboxylic acids is 1. The van der Waals surface area contributed by atoms with Gasteiger partial charge in [-0.05, 0) is 30.5 Å². The van der Waals surface area contributed by atoms with Gasteiger partial charge in [-0.2, -0.15) is 0 Å². The third-order valence-corrected chi connectivity index (χ3v) is 3.40. The Hall–Kier alpha value is -2.61. The molecule has 0 aliphatic rings. The van der Waals surface area contributed by atoms with E-state index in [9.17, 15) is 14.9 Å². The molecule has 1 amide bonds. The number of hydrogen-bond acceptors (Lipinski definition) is 6. The van der Waals surface area contributed by atoms with Crippen LogP contribution in [0.25, 0.3) is 0 Å². The molecule has 7 nitrogen and oxygen atoms in total. The molecule has 3 N–H and O–H groups in total. The standard InChI is InChI=1S/C13H12N4O3S/c1-21-9-4-2-3-8(5-9)16-13(18)10-6-12(14)15-7-11(10)17(19)20/h2-7H,1H3,(H2,14,15)(H,16,18). The molecule has 0 fully saturated rings. The summed E-state index contributed by atoms with van der Waals surface area (Å²) in [5, 5.41) is 13.5. The Morgan fingerprint density at radius 3 is 2.86 bits per heavy atom. The molecular formula is C13H12N4O3S. The number of nitro groups is 1. The van der Waals surface area contributed by atoms with Gasteiger partial charge in [-0.3, -0.25) is 14.9 Å². The number of nitrogens with zero attached hydrogens (tertiary/aromatic N) is 2. The third kappa shape index (κ3) is 3.48. The van der Waals surface area contributed by atoms with Crippen molar-refractivity contribution in [2.45, 2.75) is 4.90 Å². The molecule has 0 unspecified atom stereocenters. The van der Waals surface area contributed by atoms with Crippen LogP contribution >= 0.6 is 11.8 Å². The first-order valence-electron chi connectivity index (χ1n) is 5.86. The summed E-state index contributed by atoms with van der Waals surface area (Å²) in [4.78, 5) is 27.0. The predicted octanol–water partition coefficient (Wildman–Crippen LogP) is 2.55. The van der Waals surface area contributed by atoms with Crippen molar-refractivity contribution in [3.63, 3.8) is 0 Å². The van der Waals surface area contributed by atoms with E-state index in [0.717, 1.165) is 11.1 Å². The molecule has 2 aromatic rings. The molecule has 2 rings (SSSR count).